The Labute approximate surface area is 146 Å². The van der Waals surface area contributed by atoms with Gasteiger partial charge in [-0.3, -0.25) is 9.40 Å². The van der Waals surface area contributed by atoms with Gasteiger partial charge < -0.3 is 0 Å². The fourth-order valence-corrected chi connectivity index (χ4v) is 4.72. The van der Waals surface area contributed by atoms with Gasteiger partial charge in [0.15, 0.2) is 0 Å². The number of aromatic nitrogens is 2. The Kier molecular flexibility index (Phi) is 4.47. The number of benzene rings is 1. The Morgan fingerprint density at radius 1 is 1.12 bits per heavy atom. The van der Waals surface area contributed by atoms with Gasteiger partial charge in [0.05, 0.1) is 23.6 Å². The van der Waals surface area contributed by atoms with Crippen molar-refractivity contribution in [2.24, 2.45) is 0 Å². The lowest BCUT2D eigenvalue weighted by Gasteiger charge is -2.09. The summed E-state index contributed by atoms with van der Waals surface area (Å²) in [6, 6.07) is 11.4. The summed E-state index contributed by atoms with van der Waals surface area (Å²) in [4.78, 5) is 0. The maximum absolute atomic E-state index is 12.5. The van der Waals surface area contributed by atoms with Crippen molar-refractivity contribution in [3.63, 3.8) is 0 Å². The molecule has 5 nitrogen and oxygen atoms in total. The molecule has 0 saturated carbocycles. The van der Waals surface area contributed by atoms with Crippen LogP contribution in [0.15, 0.2) is 46.0 Å². The topological polar surface area (TPSA) is 64.0 Å². The molecular weight excluding hydrogens is 342 g/mol. The first-order chi connectivity index (χ1) is 11.4. The van der Waals surface area contributed by atoms with Gasteiger partial charge in [-0.05, 0) is 43.3 Å². The van der Waals surface area contributed by atoms with Crippen molar-refractivity contribution in [3.05, 3.63) is 64.3 Å². The van der Waals surface area contributed by atoms with Crippen LogP contribution in [0.4, 0.5) is 5.69 Å². The molecule has 0 spiro atoms. The molecule has 126 valence electrons. The van der Waals surface area contributed by atoms with Gasteiger partial charge in [0.2, 0.25) is 0 Å². The van der Waals surface area contributed by atoms with E-state index < -0.39 is 10.0 Å². The van der Waals surface area contributed by atoms with Crippen LogP contribution in [-0.2, 0) is 16.6 Å². The molecule has 0 radical (unpaired) electrons. The first-order valence-corrected chi connectivity index (χ1v) is 9.89. The summed E-state index contributed by atoms with van der Waals surface area (Å²) in [5.41, 5.74) is 4.37. The number of anilines is 1. The van der Waals surface area contributed by atoms with Crippen molar-refractivity contribution in [3.8, 4) is 0 Å². The molecule has 3 rings (SSSR count). The first kappa shape index (κ1) is 16.7. The zero-order chi connectivity index (χ0) is 17.3. The maximum Gasteiger partial charge on any atom is 0.271 e. The molecule has 0 atom stereocenters. The largest absolute Gasteiger partial charge is 0.275 e. The second-order valence-corrected chi connectivity index (χ2v) is 8.52. The van der Waals surface area contributed by atoms with Crippen molar-refractivity contribution in [2.75, 3.05) is 4.72 Å². The van der Waals surface area contributed by atoms with Crippen LogP contribution in [0.3, 0.4) is 0 Å². The SMILES string of the molecule is Cc1ccccc1Cn1nc(C)c(NS(=O)(=O)c2cccs2)c1C. The van der Waals surface area contributed by atoms with Gasteiger partial charge in [-0.2, -0.15) is 5.10 Å². The molecule has 0 amide bonds. The van der Waals surface area contributed by atoms with E-state index in [4.69, 9.17) is 0 Å². The van der Waals surface area contributed by atoms with Crippen LogP contribution in [0, 0.1) is 20.8 Å². The lowest BCUT2D eigenvalue weighted by Crippen LogP contribution is -2.13. The number of nitrogens with zero attached hydrogens (tertiary/aromatic N) is 2. The summed E-state index contributed by atoms with van der Waals surface area (Å²) < 4.78 is 29.7. The van der Waals surface area contributed by atoms with E-state index in [-0.39, 0.29) is 0 Å². The summed E-state index contributed by atoms with van der Waals surface area (Å²) in [6.45, 7) is 6.36. The van der Waals surface area contributed by atoms with E-state index in [9.17, 15) is 8.42 Å². The number of sulfonamides is 1. The molecular formula is C17H19N3O2S2. The third-order valence-corrected chi connectivity index (χ3v) is 6.71. The minimum absolute atomic E-state index is 0.299. The Bertz CT molecular complexity index is 958. The van der Waals surface area contributed by atoms with Crippen molar-refractivity contribution in [1.29, 1.82) is 0 Å². The Morgan fingerprint density at radius 2 is 1.88 bits per heavy atom. The van der Waals surface area contributed by atoms with E-state index in [0.717, 1.165) is 11.3 Å². The molecule has 0 fully saturated rings. The molecule has 3 aromatic rings. The summed E-state index contributed by atoms with van der Waals surface area (Å²) in [5.74, 6) is 0. The maximum atomic E-state index is 12.5. The van der Waals surface area contributed by atoms with Gasteiger partial charge in [-0.1, -0.05) is 30.3 Å². The Morgan fingerprint density at radius 3 is 2.54 bits per heavy atom. The fourth-order valence-electron chi connectivity index (χ4n) is 2.55. The normalized spacial score (nSPS) is 11.6. The smallest absolute Gasteiger partial charge is 0.271 e. The third-order valence-electron chi connectivity index (χ3n) is 3.96. The number of thiophene rings is 1. The minimum Gasteiger partial charge on any atom is -0.275 e. The molecule has 7 heteroatoms. The molecule has 1 aromatic carbocycles. The average molecular weight is 361 g/mol. The second kappa shape index (κ2) is 6.41. The Balaban J connectivity index is 1.92. The molecule has 2 heterocycles. The summed E-state index contributed by atoms with van der Waals surface area (Å²) >= 11 is 1.19. The Hall–Kier alpha value is -2.12. The molecule has 0 aliphatic rings. The van der Waals surface area contributed by atoms with E-state index in [1.54, 1.807) is 17.5 Å². The highest BCUT2D eigenvalue weighted by Crippen LogP contribution is 2.26. The van der Waals surface area contributed by atoms with Crippen molar-refractivity contribution in [2.45, 2.75) is 31.5 Å². The number of aryl methyl sites for hydroxylation is 2. The summed E-state index contributed by atoms with van der Waals surface area (Å²) in [5, 5.41) is 6.25. The van der Waals surface area contributed by atoms with Gasteiger partial charge in [0.25, 0.3) is 10.0 Å². The van der Waals surface area contributed by atoms with Gasteiger partial charge in [0.1, 0.15) is 4.21 Å². The second-order valence-electron chi connectivity index (χ2n) is 5.67. The van der Waals surface area contributed by atoms with Crippen LogP contribution in [-0.4, -0.2) is 18.2 Å². The zero-order valence-electron chi connectivity index (χ0n) is 13.8. The predicted octanol–water partition coefficient (Wildman–Crippen LogP) is 3.72. The van der Waals surface area contributed by atoms with E-state index in [1.807, 2.05) is 30.7 Å². The fraction of sp³-hybridized carbons (Fsp3) is 0.235. The standard InChI is InChI=1S/C17H19N3O2S2/c1-12-7-4-5-8-15(12)11-20-14(3)17(13(2)18-20)19-24(21,22)16-9-6-10-23-16/h4-10,19H,11H2,1-3H3. The third kappa shape index (κ3) is 3.22. The molecule has 0 aliphatic heterocycles. The van der Waals surface area contributed by atoms with E-state index in [1.165, 1.54) is 16.9 Å². The molecule has 24 heavy (non-hydrogen) atoms. The van der Waals surface area contributed by atoms with Crippen LogP contribution in [0.25, 0.3) is 0 Å². The van der Waals surface area contributed by atoms with Crippen LogP contribution in [0.2, 0.25) is 0 Å². The molecule has 0 bridgehead atoms. The number of hydrogen-bond acceptors (Lipinski definition) is 4. The lowest BCUT2D eigenvalue weighted by atomic mass is 10.1. The minimum atomic E-state index is -3.57. The lowest BCUT2D eigenvalue weighted by molar-refractivity contribution is 0.603. The van der Waals surface area contributed by atoms with Crippen LogP contribution >= 0.6 is 11.3 Å². The highest BCUT2D eigenvalue weighted by Gasteiger charge is 2.20. The van der Waals surface area contributed by atoms with E-state index in [2.05, 4.69) is 28.9 Å². The molecule has 1 N–H and O–H groups in total. The van der Waals surface area contributed by atoms with Crippen molar-refractivity contribution < 1.29 is 8.42 Å². The van der Waals surface area contributed by atoms with Gasteiger partial charge in [0, 0.05) is 0 Å². The van der Waals surface area contributed by atoms with Crippen LogP contribution in [0.1, 0.15) is 22.5 Å². The molecule has 2 aromatic heterocycles. The number of hydrogen-bond donors (Lipinski definition) is 1. The van der Waals surface area contributed by atoms with Crippen LogP contribution < -0.4 is 4.72 Å². The zero-order valence-corrected chi connectivity index (χ0v) is 15.4. The summed E-state index contributed by atoms with van der Waals surface area (Å²) in [6.07, 6.45) is 0. The quantitative estimate of drug-likeness (QED) is 0.753. The molecule has 0 unspecified atom stereocenters. The summed E-state index contributed by atoms with van der Waals surface area (Å²) in [7, 11) is -3.57. The van der Waals surface area contributed by atoms with Gasteiger partial charge >= 0.3 is 0 Å². The molecule has 0 saturated heterocycles. The van der Waals surface area contributed by atoms with Crippen molar-refractivity contribution >= 4 is 27.0 Å². The van der Waals surface area contributed by atoms with Gasteiger partial charge in [-0.15, -0.1) is 11.3 Å². The predicted molar refractivity (Wildman–Crippen MR) is 97.1 cm³/mol. The van der Waals surface area contributed by atoms with Crippen LogP contribution in [0.5, 0.6) is 0 Å². The van der Waals surface area contributed by atoms with E-state index in [0.29, 0.717) is 22.1 Å². The van der Waals surface area contributed by atoms with Crippen molar-refractivity contribution in [1.82, 2.24) is 9.78 Å². The molecule has 0 aliphatic carbocycles. The monoisotopic (exact) mass is 361 g/mol. The van der Waals surface area contributed by atoms with E-state index >= 15 is 0 Å². The average Bonchev–Trinajstić information content (AvgIpc) is 3.15. The first-order valence-electron chi connectivity index (χ1n) is 7.53. The van der Waals surface area contributed by atoms with Gasteiger partial charge in [-0.25, -0.2) is 8.42 Å². The highest BCUT2D eigenvalue weighted by molar-refractivity contribution is 7.94. The number of nitrogens with one attached hydrogen (secondary N) is 1. The number of rotatable bonds is 5. The highest BCUT2D eigenvalue weighted by atomic mass is 32.2.